The Morgan fingerprint density at radius 2 is 2.04 bits per heavy atom. The molecule has 134 valence electrons. The Hall–Kier alpha value is -2.38. The zero-order valence-corrected chi connectivity index (χ0v) is 15.4. The summed E-state index contributed by atoms with van der Waals surface area (Å²) in [4.78, 5) is 25.6. The van der Waals surface area contributed by atoms with E-state index in [1.54, 1.807) is 18.4 Å². The molecule has 1 atom stereocenters. The molecule has 0 saturated carbocycles. The number of primary amides is 1. The van der Waals surface area contributed by atoms with E-state index in [-0.39, 0.29) is 11.9 Å². The number of para-hydroxylation sites is 1. The molecule has 0 aliphatic rings. The third-order valence-electron chi connectivity index (χ3n) is 4.00. The number of nitrogens with two attached hydrogens (primary N) is 1. The first-order valence-corrected chi connectivity index (χ1v) is 8.85. The molecule has 0 saturated heterocycles. The molecule has 1 aromatic heterocycles. The van der Waals surface area contributed by atoms with Crippen LogP contribution in [0.15, 0.2) is 35.7 Å². The molecule has 0 aliphatic heterocycles. The summed E-state index contributed by atoms with van der Waals surface area (Å²) in [5, 5.41) is 4.97. The molecule has 0 aliphatic carbocycles. The molecule has 0 spiro atoms. The molecule has 0 fully saturated rings. The number of anilines is 1. The van der Waals surface area contributed by atoms with Gasteiger partial charge < -0.3 is 15.8 Å². The lowest BCUT2D eigenvalue weighted by atomic mass is 10.2. The number of nitrogens with one attached hydrogen (secondary N) is 1. The van der Waals surface area contributed by atoms with Crippen LogP contribution in [0.4, 0.5) is 5.00 Å². The number of ether oxygens (including phenoxy) is 1. The minimum absolute atomic E-state index is 0.191. The van der Waals surface area contributed by atoms with Gasteiger partial charge in [-0.15, -0.1) is 11.3 Å². The molecule has 0 radical (unpaired) electrons. The van der Waals surface area contributed by atoms with E-state index in [4.69, 9.17) is 10.5 Å². The van der Waals surface area contributed by atoms with Crippen molar-refractivity contribution in [2.24, 2.45) is 5.73 Å². The van der Waals surface area contributed by atoms with Gasteiger partial charge in [0, 0.05) is 6.54 Å². The van der Waals surface area contributed by atoms with Crippen LogP contribution in [0, 0.1) is 6.92 Å². The SMILES string of the molecule is Cc1ccccc1OCCN(C)[C@@H](C)C(=O)Nc1sccc1C(N)=O. The summed E-state index contributed by atoms with van der Waals surface area (Å²) in [5.74, 6) is 0.102. The minimum atomic E-state index is -0.552. The Morgan fingerprint density at radius 3 is 2.72 bits per heavy atom. The summed E-state index contributed by atoms with van der Waals surface area (Å²) in [7, 11) is 1.86. The molecule has 25 heavy (non-hydrogen) atoms. The average molecular weight is 361 g/mol. The number of thiophene rings is 1. The Bertz CT molecular complexity index is 745. The zero-order chi connectivity index (χ0) is 18.4. The van der Waals surface area contributed by atoms with Gasteiger partial charge in [0.15, 0.2) is 0 Å². The third-order valence-corrected chi connectivity index (χ3v) is 4.83. The minimum Gasteiger partial charge on any atom is -0.492 e. The number of nitrogens with zero attached hydrogens (tertiary/aromatic N) is 1. The number of carbonyl (C=O) groups excluding carboxylic acids is 2. The normalized spacial score (nSPS) is 12.0. The molecule has 1 heterocycles. The van der Waals surface area contributed by atoms with Crippen LogP contribution in [0.3, 0.4) is 0 Å². The number of carbonyl (C=O) groups is 2. The van der Waals surface area contributed by atoms with E-state index in [1.807, 2.05) is 43.1 Å². The van der Waals surface area contributed by atoms with Crippen LogP contribution in [0.1, 0.15) is 22.8 Å². The van der Waals surface area contributed by atoms with Crippen LogP contribution < -0.4 is 15.8 Å². The topological polar surface area (TPSA) is 84.7 Å². The van der Waals surface area contributed by atoms with Gasteiger partial charge in [0.05, 0.1) is 11.6 Å². The molecule has 2 amide bonds. The number of hydrogen-bond donors (Lipinski definition) is 2. The van der Waals surface area contributed by atoms with Crippen molar-refractivity contribution in [3.63, 3.8) is 0 Å². The summed E-state index contributed by atoms with van der Waals surface area (Å²) >= 11 is 1.28. The van der Waals surface area contributed by atoms with E-state index >= 15 is 0 Å². The van der Waals surface area contributed by atoms with E-state index in [0.717, 1.165) is 11.3 Å². The van der Waals surface area contributed by atoms with Crippen LogP contribution in [0.25, 0.3) is 0 Å². The summed E-state index contributed by atoms with van der Waals surface area (Å²) in [6.07, 6.45) is 0. The number of benzene rings is 1. The molecule has 2 aromatic rings. The van der Waals surface area contributed by atoms with Crippen molar-refractivity contribution >= 4 is 28.2 Å². The second-order valence-electron chi connectivity index (χ2n) is 5.79. The van der Waals surface area contributed by atoms with Gasteiger partial charge in [-0.25, -0.2) is 0 Å². The van der Waals surface area contributed by atoms with Gasteiger partial charge in [0.2, 0.25) is 5.91 Å². The number of amides is 2. The molecule has 2 rings (SSSR count). The molecule has 7 heteroatoms. The standard InChI is InChI=1S/C18H23N3O3S/c1-12-6-4-5-7-15(12)24-10-9-21(3)13(2)17(23)20-18-14(16(19)22)8-11-25-18/h4-8,11,13H,9-10H2,1-3H3,(H2,19,22)(H,20,23)/t13-/m0/s1. The van der Waals surface area contributed by atoms with E-state index in [9.17, 15) is 9.59 Å². The lowest BCUT2D eigenvalue weighted by Gasteiger charge is -2.24. The summed E-state index contributed by atoms with van der Waals surface area (Å²) in [6, 6.07) is 9.04. The second-order valence-corrected chi connectivity index (χ2v) is 6.70. The lowest BCUT2D eigenvalue weighted by molar-refractivity contribution is -0.120. The van der Waals surface area contributed by atoms with Crippen molar-refractivity contribution < 1.29 is 14.3 Å². The zero-order valence-electron chi connectivity index (χ0n) is 14.6. The fourth-order valence-electron chi connectivity index (χ4n) is 2.23. The first kappa shape index (κ1) is 19.0. The van der Waals surface area contributed by atoms with Gasteiger partial charge in [0.25, 0.3) is 5.91 Å². The largest absolute Gasteiger partial charge is 0.492 e. The quantitative estimate of drug-likeness (QED) is 0.756. The van der Waals surface area contributed by atoms with E-state index in [0.29, 0.717) is 23.7 Å². The number of rotatable bonds is 8. The van der Waals surface area contributed by atoms with Crippen LogP contribution in [0.2, 0.25) is 0 Å². The maximum absolute atomic E-state index is 12.4. The summed E-state index contributed by atoms with van der Waals surface area (Å²) in [6.45, 7) is 4.87. The van der Waals surface area contributed by atoms with Crippen molar-refractivity contribution in [2.75, 3.05) is 25.5 Å². The van der Waals surface area contributed by atoms with Gasteiger partial charge in [-0.05, 0) is 44.0 Å². The highest BCUT2D eigenvalue weighted by atomic mass is 32.1. The van der Waals surface area contributed by atoms with Crippen LogP contribution in [0.5, 0.6) is 5.75 Å². The average Bonchev–Trinajstić information content (AvgIpc) is 3.04. The smallest absolute Gasteiger partial charge is 0.251 e. The lowest BCUT2D eigenvalue weighted by Crippen LogP contribution is -2.41. The highest BCUT2D eigenvalue weighted by Crippen LogP contribution is 2.23. The highest BCUT2D eigenvalue weighted by Gasteiger charge is 2.20. The molecular weight excluding hydrogens is 338 g/mol. The van der Waals surface area contributed by atoms with Gasteiger partial charge in [-0.3, -0.25) is 14.5 Å². The van der Waals surface area contributed by atoms with Crippen molar-refractivity contribution in [1.29, 1.82) is 0 Å². The molecular formula is C18H23N3O3S. The predicted molar refractivity (Wildman–Crippen MR) is 100 cm³/mol. The van der Waals surface area contributed by atoms with E-state index in [2.05, 4.69) is 5.32 Å². The summed E-state index contributed by atoms with van der Waals surface area (Å²) in [5.41, 5.74) is 6.70. The maximum Gasteiger partial charge on any atom is 0.251 e. The number of aryl methyl sites for hydroxylation is 1. The van der Waals surface area contributed by atoms with E-state index < -0.39 is 5.91 Å². The molecule has 3 N–H and O–H groups in total. The van der Waals surface area contributed by atoms with Gasteiger partial charge in [0.1, 0.15) is 17.4 Å². The van der Waals surface area contributed by atoms with Crippen molar-refractivity contribution in [1.82, 2.24) is 4.90 Å². The fraction of sp³-hybridized carbons (Fsp3) is 0.333. The van der Waals surface area contributed by atoms with Crippen LogP contribution in [-0.4, -0.2) is 43.0 Å². The van der Waals surface area contributed by atoms with Crippen molar-refractivity contribution in [2.45, 2.75) is 19.9 Å². The maximum atomic E-state index is 12.4. The number of likely N-dealkylation sites (N-methyl/N-ethyl adjacent to an activating group) is 1. The third kappa shape index (κ3) is 5.04. The van der Waals surface area contributed by atoms with Gasteiger partial charge >= 0.3 is 0 Å². The summed E-state index contributed by atoms with van der Waals surface area (Å²) < 4.78 is 5.76. The monoisotopic (exact) mass is 361 g/mol. The van der Waals surface area contributed by atoms with Crippen molar-refractivity contribution in [3.05, 3.63) is 46.8 Å². The van der Waals surface area contributed by atoms with Crippen molar-refractivity contribution in [3.8, 4) is 5.75 Å². The highest BCUT2D eigenvalue weighted by molar-refractivity contribution is 7.14. The molecule has 1 aromatic carbocycles. The Labute approximate surface area is 151 Å². The van der Waals surface area contributed by atoms with E-state index in [1.165, 1.54) is 11.3 Å². The second kappa shape index (κ2) is 8.64. The van der Waals surface area contributed by atoms with Crippen LogP contribution >= 0.6 is 11.3 Å². The Kier molecular flexibility index (Phi) is 6.55. The first-order valence-electron chi connectivity index (χ1n) is 7.97. The first-order chi connectivity index (χ1) is 11.9. The molecule has 6 nitrogen and oxygen atoms in total. The Balaban J connectivity index is 1.85. The van der Waals surface area contributed by atoms with Gasteiger partial charge in [-0.1, -0.05) is 18.2 Å². The molecule has 0 unspecified atom stereocenters. The fourth-order valence-corrected chi connectivity index (χ4v) is 3.02. The molecule has 0 bridgehead atoms. The Morgan fingerprint density at radius 1 is 1.32 bits per heavy atom. The number of hydrogen-bond acceptors (Lipinski definition) is 5. The van der Waals surface area contributed by atoms with Crippen LogP contribution in [-0.2, 0) is 4.79 Å². The predicted octanol–water partition coefficient (Wildman–Crippen LogP) is 2.49. The van der Waals surface area contributed by atoms with Gasteiger partial charge in [-0.2, -0.15) is 0 Å².